The zero-order valence-electron chi connectivity index (χ0n) is 17.3. The molecule has 0 aromatic heterocycles. The number of nitrogens with two attached hydrogens (primary N) is 1. The Kier molecular flexibility index (Phi) is 8.21. The molecule has 2 heterocycles. The van der Waals surface area contributed by atoms with Crippen molar-refractivity contribution in [1.29, 1.82) is 0 Å². The number of para-hydroxylation sites is 1. The summed E-state index contributed by atoms with van der Waals surface area (Å²) in [6.45, 7) is 4.60. The van der Waals surface area contributed by atoms with Crippen LogP contribution in [0.15, 0.2) is 47.5 Å². The van der Waals surface area contributed by atoms with Crippen LogP contribution in [0.5, 0.6) is 11.5 Å². The summed E-state index contributed by atoms with van der Waals surface area (Å²) in [5, 5.41) is 3.34. The summed E-state index contributed by atoms with van der Waals surface area (Å²) in [5.41, 5.74) is 9.50. The Morgan fingerprint density at radius 1 is 1.20 bits per heavy atom. The molecule has 6 nitrogen and oxygen atoms in total. The van der Waals surface area contributed by atoms with Gasteiger partial charge in [-0.25, -0.2) is 4.99 Å². The van der Waals surface area contributed by atoms with Crippen LogP contribution in [0.2, 0.25) is 0 Å². The zero-order valence-corrected chi connectivity index (χ0v) is 19.6. The largest absolute Gasteiger partial charge is 0.493 e. The van der Waals surface area contributed by atoms with Crippen molar-refractivity contribution >= 4 is 29.9 Å². The molecule has 4 rings (SSSR count). The van der Waals surface area contributed by atoms with E-state index in [0.29, 0.717) is 25.7 Å². The number of rotatable bonds is 6. The Morgan fingerprint density at radius 3 is 2.90 bits per heavy atom. The molecule has 3 N–H and O–H groups in total. The minimum absolute atomic E-state index is 0. The topological polar surface area (TPSA) is 78.1 Å². The number of aryl methyl sites for hydroxylation is 1. The highest BCUT2D eigenvalue weighted by atomic mass is 127. The number of benzene rings is 2. The summed E-state index contributed by atoms with van der Waals surface area (Å²) >= 11 is 0. The fraction of sp³-hybridized carbons (Fsp3) is 0.435. The first-order valence-corrected chi connectivity index (χ1v) is 10.3. The molecule has 0 amide bonds. The van der Waals surface area contributed by atoms with Gasteiger partial charge in [0.15, 0.2) is 5.96 Å². The van der Waals surface area contributed by atoms with Crippen molar-refractivity contribution in [2.24, 2.45) is 10.7 Å². The maximum Gasteiger partial charge on any atom is 0.189 e. The minimum atomic E-state index is 0. The number of halogens is 1. The molecule has 1 saturated heterocycles. The molecule has 2 aromatic rings. The van der Waals surface area contributed by atoms with Crippen molar-refractivity contribution < 1.29 is 14.2 Å². The monoisotopic (exact) mass is 523 g/mol. The standard InChI is InChI=1S/C23H29N3O3.HI/c1-16-8-9-17(22(13-16)29-15-18-5-4-11-27-18)14-25-23(24)26-20-10-12-28-21-7-3-2-6-19(20)21;/h2-3,6-9,13,18,20H,4-5,10-12,14-15H2,1H3,(H3,24,25,26);1H. The lowest BCUT2D eigenvalue weighted by Crippen LogP contribution is -2.37. The SMILES string of the molecule is Cc1ccc(CN=C(N)NC2CCOc3ccccc32)c(OCC2CCCO2)c1.I. The van der Waals surface area contributed by atoms with Crippen LogP contribution >= 0.6 is 24.0 Å². The van der Waals surface area contributed by atoms with Crippen LogP contribution in [-0.4, -0.2) is 31.9 Å². The minimum Gasteiger partial charge on any atom is -0.493 e. The molecule has 30 heavy (non-hydrogen) atoms. The summed E-state index contributed by atoms with van der Waals surface area (Å²) in [6, 6.07) is 14.3. The summed E-state index contributed by atoms with van der Waals surface area (Å²) < 4.78 is 17.4. The Bertz CT molecular complexity index is 869. The molecule has 2 aliphatic rings. The van der Waals surface area contributed by atoms with Gasteiger partial charge >= 0.3 is 0 Å². The molecule has 162 valence electrons. The second-order valence-corrected chi connectivity index (χ2v) is 7.63. The predicted molar refractivity (Wildman–Crippen MR) is 129 cm³/mol. The smallest absolute Gasteiger partial charge is 0.189 e. The summed E-state index contributed by atoms with van der Waals surface area (Å²) in [5.74, 6) is 2.19. The van der Waals surface area contributed by atoms with Crippen molar-refractivity contribution in [2.45, 2.75) is 44.9 Å². The second-order valence-electron chi connectivity index (χ2n) is 7.63. The molecule has 2 aromatic carbocycles. The van der Waals surface area contributed by atoms with E-state index in [2.05, 4.69) is 41.5 Å². The van der Waals surface area contributed by atoms with E-state index in [9.17, 15) is 0 Å². The average Bonchev–Trinajstić information content (AvgIpc) is 3.25. The van der Waals surface area contributed by atoms with E-state index < -0.39 is 0 Å². The number of guanidine groups is 1. The van der Waals surface area contributed by atoms with Gasteiger partial charge in [-0.05, 0) is 37.5 Å². The quantitative estimate of drug-likeness (QED) is 0.339. The van der Waals surface area contributed by atoms with Gasteiger partial charge in [-0.15, -0.1) is 24.0 Å². The number of ether oxygens (including phenoxy) is 3. The Balaban J connectivity index is 0.00000256. The van der Waals surface area contributed by atoms with E-state index in [0.717, 1.165) is 54.1 Å². The lowest BCUT2D eigenvalue weighted by molar-refractivity contribution is 0.0676. The molecule has 1 fully saturated rings. The van der Waals surface area contributed by atoms with Gasteiger partial charge in [0, 0.05) is 24.2 Å². The first-order valence-electron chi connectivity index (χ1n) is 10.3. The molecule has 0 bridgehead atoms. The third-order valence-corrected chi connectivity index (χ3v) is 5.37. The maximum atomic E-state index is 6.20. The van der Waals surface area contributed by atoms with Gasteiger partial charge in [0.05, 0.1) is 25.3 Å². The molecule has 2 unspecified atom stereocenters. The number of hydrogen-bond donors (Lipinski definition) is 2. The zero-order chi connectivity index (χ0) is 20.1. The highest BCUT2D eigenvalue weighted by molar-refractivity contribution is 14.0. The van der Waals surface area contributed by atoms with E-state index in [1.807, 2.05) is 18.2 Å². The van der Waals surface area contributed by atoms with Gasteiger partial charge in [-0.1, -0.05) is 30.3 Å². The predicted octanol–water partition coefficient (Wildman–Crippen LogP) is 4.10. The van der Waals surface area contributed by atoms with Gasteiger partial charge in [0.1, 0.15) is 18.1 Å². The highest BCUT2D eigenvalue weighted by Crippen LogP contribution is 2.31. The van der Waals surface area contributed by atoms with Crippen molar-refractivity contribution in [1.82, 2.24) is 5.32 Å². The molecule has 0 saturated carbocycles. The molecule has 7 heteroatoms. The van der Waals surface area contributed by atoms with Gasteiger partial charge in [-0.3, -0.25) is 0 Å². The van der Waals surface area contributed by atoms with Crippen molar-refractivity contribution in [2.75, 3.05) is 19.8 Å². The van der Waals surface area contributed by atoms with Crippen LogP contribution in [0.25, 0.3) is 0 Å². The molecule has 2 aliphatic heterocycles. The summed E-state index contributed by atoms with van der Waals surface area (Å²) in [4.78, 5) is 4.56. The second kappa shape index (κ2) is 10.9. The van der Waals surface area contributed by atoms with Crippen LogP contribution in [-0.2, 0) is 11.3 Å². The van der Waals surface area contributed by atoms with Crippen molar-refractivity contribution in [3.63, 3.8) is 0 Å². The first-order chi connectivity index (χ1) is 14.2. The normalized spacial score (nSPS) is 20.6. The lowest BCUT2D eigenvalue weighted by Gasteiger charge is -2.27. The van der Waals surface area contributed by atoms with Gasteiger partial charge in [0.25, 0.3) is 0 Å². The van der Waals surface area contributed by atoms with E-state index in [-0.39, 0.29) is 36.1 Å². The van der Waals surface area contributed by atoms with Crippen LogP contribution in [0.4, 0.5) is 0 Å². The molecule has 0 spiro atoms. The fourth-order valence-corrected chi connectivity index (χ4v) is 3.77. The Morgan fingerprint density at radius 2 is 2.07 bits per heavy atom. The van der Waals surface area contributed by atoms with Crippen LogP contribution < -0.4 is 20.5 Å². The molecule has 2 atom stereocenters. The van der Waals surface area contributed by atoms with Crippen molar-refractivity contribution in [3.05, 3.63) is 59.2 Å². The number of fused-ring (bicyclic) bond motifs is 1. The first kappa shape index (κ1) is 22.7. The van der Waals surface area contributed by atoms with E-state index in [1.54, 1.807) is 0 Å². The Hall–Kier alpha value is -2.00. The van der Waals surface area contributed by atoms with Crippen LogP contribution in [0, 0.1) is 6.92 Å². The molecule has 0 radical (unpaired) electrons. The number of nitrogens with zero attached hydrogens (tertiary/aromatic N) is 1. The Labute approximate surface area is 195 Å². The molecular weight excluding hydrogens is 493 g/mol. The van der Waals surface area contributed by atoms with E-state index >= 15 is 0 Å². The average molecular weight is 523 g/mol. The van der Waals surface area contributed by atoms with Crippen molar-refractivity contribution in [3.8, 4) is 11.5 Å². The summed E-state index contributed by atoms with van der Waals surface area (Å²) in [6.07, 6.45) is 3.21. The van der Waals surface area contributed by atoms with E-state index in [4.69, 9.17) is 19.9 Å². The van der Waals surface area contributed by atoms with Crippen LogP contribution in [0.3, 0.4) is 0 Å². The number of aliphatic imine (C=N–C) groups is 1. The van der Waals surface area contributed by atoms with E-state index in [1.165, 1.54) is 0 Å². The lowest BCUT2D eigenvalue weighted by atomic mass is 10.0. The highest BCUT2D eigenvalue weighted by Gasteiger charge is 2.21. The maximum absolute atomic E-state index is 6.20. The third-order valence-electron chi connectivity index (χ3n) is 5.37. The molecular formula is C23H30IN3O3. The van der Waals surface area contributed by atoms with Crippen LogP contribution in [0.1, 0.15) is 42.0 Å². The van der Waals surface area contributed by atoms with Gasteiger partial charge < -0.3 is 25.3 Å². The van der Waals surface area contributed by atoms with Gasteiger partial charge in [-0.2, -0.15) is 0 Å². The number of hydrogen-bond acceptors (Lipinski definition) is 4. The molecule has 0 aliphatic carbocycles. The fourth-order valence-electron chi connectivity index (χ4n) is 3.77. The summed E-state index contributed by atoms with van der Waals surface area (Å²) in [7, 11) is 0. The van der Waals surface area contributed by atoms with Gasteiger partial charge in [0.2, 0.25) is 0 Å². The number of nitrogens with one attached hydrogen (secondary N) is 1. The third kappa shape index (κ3) is 5.78.